The molecule has 1 aromatic carbocycles. The number of hydrogen-bond acceptors (Lipinski definition) is 2. The molecule has 0 amide bonds. The molecule has 1 aromatic rings. The Morgan fingerprint density at radius 2 is 2.23 bits per heavy atom. The van der Waals surface area contributed by atoms with E-state index in [1.807, 2.05) is 30.1 Å². The lowest BCUT2D eigenvalue weighted by Crippen LogP contribution is -2.13. The highest BCUT2D eigenvalue weighted by molar-refractivity contribution is 9.10. The van der Waals surface area contributed by atoms with E-state index < -0.39 is 0 Å². The largest absolute Gasteiger partial charge is 0.496 e. The molecule has 0 aliphatic rings. The Balaban J connectivity index is 2.95. The number of alkyl halides is 1. The third kappa shape index (κ3) is 2.51. The van der Waals surface area contributed by atoms with Crippen LogP contribution < -0.4 is 9.64 Å². The summed E-state index contributed by atoms with van der Waals surface area (Å²) in [4.78, 5) is 1.94. The maximum Gasteiger partial charge on any atom is 0.133 e. The summed E-state index contributed by atoms with van der Waals surface area (Å²) in [5, 5.41) is 0. The molecule has 0 fully saturated rings. The third-order valence-corrected chi connectivity index (χ3v) is 2.73. The molecule has 0 aliphatic carbocycles. The average molecular weight is 265 g/mol. The number of rotatable bonds is 3. The van der Waals surface area contributed by atoms with Crippen LogP contribution in [0.5, 0.6) is 5.75 Å². The van der Waals surface area contributed by atoms with Crippen LogP contribution in [0, 0.1) is 0 Å². The van der Waals surface area contributed by atoms with Crippen LogP contribution in [0.15, 0.2) is 22.7 Å². The van der Waals surface area contributed by atoms with Crippen LogP contribution in [-0.4, -0.2) is 20.2 Å². The van der Waals surface area contributed by atoms with Crippen molar-refractivity contribution >= 4 is 33.2 Å². The average Bonchev–Trinajstić information content (AvgIpc) is 2.16. The summed E-state index contributed by atoms with van der Waals surface area (Å²) in [7, 11) is 3.58. The zero-order valence-corrected chi connectivity index (χ0v) is 9.89. The molecule has 2 nitrogen and oxygen atoms in total. The first-order valence-corrected chi connectivity index (χ1v) is 5.12. The molecule has 0 aliphatic heterocycles. The minimum Gasteiger partial charge on any atom is -0.496 e. The molecule has 0 saturated carbocycles. The smallest absolute Gasteiger partial charge is 0.133 e. The van der Waals surface area contributed by atoms with E-state index in [2.05, 4.69) is 15.9 Å². The molecule has 1 rings (SSSR count). The number of methoxy groups -OCH3 is 1. The van der Waals surface area contributed by atoms with Crippen molar-refractivity contribution in [3.05, 3.63) is 22.7 Å². The predicted molar refractivity (Wildman–Crippen MR) is 59.8 cm³/mol. The highest BCUT2D eigenvalue weighted by Crippen LogP contribution is 2.29. The van der Waals surface area contributed by atoms with Crippen molar-refractivity contribution in [3.8, 4) is 5.75 Å². The second-order valence-electron chi connectivity index (χ2n) is 2.64. The van der Waals surface area contributed by atoms with Gasteiger partial charge in [-0.3, -0.25) is 0 Å². The Labute approximate surface area is 91.6 Å². The van der Waals surface area contributed by atoms with E-state index in [1.165, 1.54) is 0 Å². The molecule has 0 spiro atoms. The molecule has 0 aromatic heterocycles. The number of anilines is 1. The zero-order valence-electron chi connectivity index (χ0n) is 7.55. The first-order chi connectivity index (χ1) is 6.19. The van der Waals surface area contributed by atoms with Crippen LogP contribution in [0.1, 0.15) is 0 Å². The highest BCUT2D eigenvalue weighted by atomic mass is 79.9. The van der Waals surface area contributed by atoms with Crippen molar-refractivity contribution in [1.82, 2.24) is 0 Å². The molecule has 0 radical (unpaired) electrons. The summed E-state index contributed by atoms with van der Waals surface area (Å²) in [6, 6.07) is 6.31. The normalized spacial score (nSPS) is 9.85. The Morgan fingerprint density at radius 3 is 2.69 bits per heavy atom. The molecule has 72 valence electrons. The summed E-state index contributed by atoms with van der Waals surface area (Å²) >= 11 is 9.10. The van der Waals surface area contributed by atoms with Gasteiger partial charge in [0, 0.05) is 12.7 Å². The molecule has 0 N–H and O–H groups in total. The minimum atomic E-state index is 0.471. The van der Waals surface area contributed by atoms with Gasteiger partial charge in [-0.25, -0.2) is 0 Å². The summed E-state index contributed by atoms with van der Waals surface area (Å²) < 4.78 is 6.05. The predicted octanol–water partition coefficient (Wildman–Crippen LogP) is 3.09. The van der Waals surface area contributed by atoms with Crippen LogP contribution in [0.25, 0.3) is 0 Å². The second kappa shape index (κ2) is 4.72. The van der Waals surface area contributed by atoms with Gasteiger partial charge < -0.3 is 9.64 Å². The lowest BCUT2D eigenvalue weighted by molar-refractivity contribution is 0.412. The van der Waals surface area contributed by atoms with Gasteiger partial charge in [-0.05, 0) is 34.1 Å². The lowest BCUT2D eigenvalue weighted by atomic mass is 10.3. The van der Waals surface area contributed by atoms with Crippen LogP contribution in [-0.2, 0) is 0 Å². The van der Waals surface area contributed by atoms with E-state index in [0.717, 1.165) is 15.9 Å². The fourth-order valence-electron chi connectivity index (χ4n) is 0.962. The Morgan fingerprint density at radius 1 is 1.54 bits per heavy atom. The van der Waals surface area contributed by atoms with Crippen molar-refractivity contribution in [1.29, 1.82) is 0 Å². The topological polar surface area (TPSA) is 12.5 Å². The number of nitrogens with zero attached hydrogens (tertiary/aromatic N) is 1. The molecular formula is C9H11BrClNO. The Hall–Kier alpha value is -0.410. The van der Waals surface area contributed by atoms with Gasteiger partial charge >= 0.3 is 0 Å². The minimum absolute atomic E-state index is 0.471. The maximum absolute atomic E-state index is 5.69. The number of ether oxygens (including phenoxy) is 1. The lowest BCUT2D eigenvalue weighted by Gasteiger charge is -2.16. The van der Waals surface area contributed by atoms with E-state index >= 15 is 0 Å². The first kappa shape index (κ1) is 10.7. The van der Waals surface area contributed by atoms with Gasteiger partial charge in [0.1, 0.15) is 5.75 Å². The van der Waals surface area contributed by atoms with Crippen molar-refractivity contribution in [2.75, 3.05) is 25.1 Å². The first-order valence-electron chi connectivity index (χ1n) is 3.79. The molecule has 0 unspecified atom stereocenters. The summed E-state index contributed by atoms with van der Waals surface area (Å²) in [6.45, 7) is 0. The van der Waals surface area contributed by atoms with Crippen molar-refractivity contribution in [2.45, 2.75) is 0 Å². The van der Waals surface area contributed by atoms with E-state index in [-0.39, 0.29) is 0 Å². The molecule has 13 heavy (non-hydrogen) atoms. The number of hydrogen-bond donors (Lipinski definition) is 0. The van der Waals surface area contributed by atoms with Gasteiger partial charge in [-0.1, -0.05) is 0 Å². The fourth-order valence-corrected chi connectivity index (χ4v) is 1.63. The summed E-state index contributed by atoms with van der Waals surface area (Å²) in [6.07, 6.45) is 0. The van der Waals surface area contributed by atoms with Gasteiger partial charge in [0.05, 0.1) is 17.6 Å². The molecule has 0 atom stereocenters. The fraction of sp³-hybridized carbons (Fsp3) is 0.333. The van der Waals surface area contributed by atoms with Crippen molar-refractivity contribution in [3.63, 3.8) is 0 Å². The van der Waals surface area contributed by atoms with E-state index in [9.17, 15) is 0 Å². The van der Waals surface area contributed by atoms with Crippen molar-refractivity contribution < 1.29 is 4.74 Å². The molecule has 0 saturated heterocycles. The standard InChI is InChI=1S/C9H11BrClNO/c1-12(6-11)7-3-4-9(13-2)8(10)5-7/h3-5H,6H2,1-2H3. The van der Waals surface area contributed by atoms with E-state index in [0.29, 0.717) is 6.00 Å². The third-order valence-electron chi connectivity index (χ3n) is 1.76. The Bertz CT molecular complexity index is 293. The van der Waals surface area contributed by atoms with Gasteiger partial charge in [-0.15, -0.1) is 11.6 Å². The van der Waals surface area contributed by atoms with Gasteiger partial charge in [0.15, 0.2) is 0 Å². The van der Waals surface area contributed by atoms with Crippen LogP contribution >= 0.6 is 27.5 Å². The number of halogens is 2. The second-order valence-corrected chi connectivity index (χ2v) is 3.73. The summed E-state index contributed by atoms with van der Waals surface area (Å²) in [5.41, 5.74) is 1.06. The van der Waals surface area contributed by atoms with E-state index in [1.54, 1.807) is 7.11 Å². The highest BCUT2D eigenvalue weighted by Gasteiger charge is 2.03. The maximum atomic E-state index is 5.69. The molecular weight excluding hydrogens is 253 g/mol. The SMILES string of the molecule is COc1ccc(N(C)CCl)cc1Br. The zero-order chi connectivity index (χ0) is 9.84. The van der Waals surface area contributed by atoms with Crippen LogP contribution in [0.4, 0.5) is 5.69 Å². The molecule has 0 heterocycles. The van der Waals surface area contributed by atoms with Crippen LogP contribution in [0.3, 0.4) is 0 Å². The monoisotopic (exact) mass is 263 g/mol. The van der Waals surface area contributed by atoms with Gasteiger partial charge in [-0.2, -0.15) is 0 Å². The molecule has 4 heteroatoms. The number of benzene rings is 1. The van der Waals surface area contributed by atoms with E-state index in [4.69, 9.17) is 16.3 Å². The van der Waals surface area contributed by atoms with Gasteiger partial charge in [0.25, 0.3) is 0 Å². The summed E-state index contributed by atoms with van der Waals surface area (Å²) in [5.74, 6) is 0.826. The van der Waals surface area contributed by atoms with Gasteiger partial charge in [0.2, 0.25) is 0 Å². The quantitative estimate of drug-likeness (QED) is 0.614. The van der Waals surface area contributed by atoms with Crippen LogP contribution in [0.2, 0.25) is 0 Å². The Kier molecular flexibility index (Phi) is 3.88. The molecule has 0 bridgehead atoms. The van der Waals surface area contributed by atoms with Crippen molar-refractivity contribution in [2.24, 2.45) is 0 Å².